The number of nitriles is 1. The van der Waals surface area contributed by atoms with Crippen molar-refractivity contribution in [2.45, 2.75) is 37.9 Å². The van der Waals surface area contributed by atoms with Gasteiger partial charge in [-0.2, -0.15) is 5.26 Å². The van der Waals surface area contributed by atoms with E-state index >= 15 is 0 Å². The summed E-state index contributed by atoms with van der Waals surface area (Å²) in [5, 5.41) is 52.8. The normalized spacial score (nSPS) is 23.3. The third-order valence-corrected chi connectivity index (χ3v) is 4.39. The molecule has 26 heavy (non-hydrogen) atoms. The van der Waals surface area contributed by atoms with Gasteiger partial charge in [-0.1, -0.05) is 0 Å². The fraction of sp³-hybridized carbons (Fsp3) is 0.467. The van der Waals surface area contributed by atoms with Gasteiger partial charge in [0.1, 0.15) is 5.75 Å². The summed E-state index contributed by atoms with van der Waals surface area (Å²) in [6.07, 6.45) is 1.45. The van der Waals surface area contributed by atoms with Crippen molar-refractivity contribution in [2.75, 3.05) is 6.54 Å². The number of hydrogen-bond donors (Lipinski definition) is 4. The summed E-state index contributed by atoms with van der Waals surface area (Å²) in [5.41, 5.74) is 0.580. The molecule has 0 bridgehead atoms. The number of rotatable bonds is 3. The van der Waals surface area contributed by atoms with Crippen molar-refractivity contribution in [1.29, 1.82) is 5.26 Å². The Bertz CT molecular complexity index is 815. The molecule has 0 saturated heterocycles. The molecule has 0 saturated carbocycles. The first-order chi connectivity index (χ1) is 11.9. The highest BCUT2D eigenvalue weighted by atomic mass is 16.6. The molecule has 11 heteroatoms. The number of nitro benzene ring substituents is 1. The minimum atomic E-state index is -2.98. The van der Waals surface area contributed by atoms with Crippen molar-refractivity contribution >= 4 is 11.6 Å². The van der Waals surface area contributed by atoms with Crippen LogP contribution in [-0.4, -0.2) is 49.0 Å². The van der Waals surface area contributed by atoms with E-state index in [0.717, 1.165) is 17.0 Å². The fourth-order valence-electron chi connectivity index (χ4n) is 2.95. The van der Waals surface area contributed by atoms with Crippen LogP contribution < -0.4 is 10.5 Å². The lowest BCUT2D eigenvalue weighted by molar-refractivity contribution is -0.389. The van der Waals surface area contributed by atoms with Crippen LogP contribution in [-0.2, 0) is 5.72 Å². The summed E-state index contributed by atoms with van der Waals surface area (Å²) in [7, 11) is 0. The molecule has 140 valence electrons. The Hall–Kier alpha value is -2.94. The molecule has 0 aromatic heterocycles. The summed E-state index contributed by atoms with van der Waals surface area (Å²) in [5.74, 6) is -3.49. The maximum atomic E-state index is 11.4. The molecule has 0 fully saturated rings. The standard InChI is InChI=1S/C15H19N5O6/c1-4-19(12(17)18-8-16)14(21)10-7-9(20(24)25)5-6-11(10)26-13(2,3)15(14,22)23/h5-7,21-23H,4H2,1-3H3,(H2,17,18). The Morgan fingerprint density at radius 2 is 2.08 bits per heavy atom. The second-order valence-electron chi connectivity index (χ2n) is 6.21. The van der Waals surface area contributed by atoms with Gasteiger partial charge in [0.25, 0.3) is 11.5 Å². The number of nitrogens with zero attached hydrogens (tertiary/aromatic N) is 4. The Morgan fingerprint density at radius 1 is 1.46 bits per heavy atom. The lowest BCUT2D eigenvalue weighted by atomic mass is 9.78. The van der Waals surface area contributed by atoms with Crippen molar-refractivity contribution in [2.24, 2.45) is 10.7 Å². The van der Waals surface area contributed by atoms with E-state index in [1.165, 1.54) is 33.0 Å². The van der Waals surface area contributed by atoms with Crippen LogP contribution in [0.15, 0.2) is 23.2 Å². The van der Waals surface area contributed by atoms with Gasteiger partial charge in [0.05, 0.1) is 10.5 Å². The van der Waals surface area contributed by atoms with Crippen molar-refractivity contribution in [1.82, 2.24) is 4.90 Å². The van der Waals surface area contributed by atoms with Crippen LogP contribution in [0.1, 0.15) is 26.3 Å². The number of hydrogen-bond acceptors (Lipinski definition) is 8. The van der Waals surface area contributed by atoms with Crippen molar-refractivity contribution in [3.63, 3.8) is 0 Å². The van der Waals surface area contributed by atoms with E-state index < -0.39 is 33.7 Å². The van der Waals surface area contributed by atoms with Gasteiger partial charge in [-0.3, -0.25) is 10.1 Å². The summed E-state index contributed by atoms with van der Waals surface area (Å²) < 4.78 is 5.54. The van der Waals surface area contributed by atoms with E-state index in [9.17, 15) is 25.4 Å². The van der Waals surface area contributed by atoms with Crippen LogP contribution in [0.3, 0.4) is 0 Å². The number of aliphatic hydroxyl groups is 3. The fourth-order valence-corrected chi connectivity index (χ4v) is 2.95. The third kappa shape index (κ3) is 2.51. The quantitative estimate of drug-likeness (QED) is 0.140. The van der Waals surface area contributed by atoms with Gasteiger partial charge in [-0.25, -0.2) is 0 Å². The zero-order valence-corrected chi connectivity index (χ0v) is 14.4. The van der Waals surface area contributed by atoms with E-state index in [2.05, 4.69) is 4.99 Å². The summed E-state index contributed by atoms with van der Waals surface area (Å²) in [4.78, 5) is 14.6. The van der Waals surface area contributed by atoms with E-state index in [-0.39, 0.29) is 17.9 Å². The van der Waals surface area contributed by atoms with Crippen molar-refractivity contribution in [3.05, 3.63) is 33.9 Å². The van der Waals surface area contributed by atoms with E-state index in [1.807, 2.05) is 0 Å². The topological polar surface area (TPSA) is 178 Å². The first-order valence-electron chi connectivity index (χ1n) is 7.59. The van der Waals surface area contributed by atoms with Crippen LogP contribution in [0, 0.1) is 21.6 Å². The van der Waals surface area contributed by atoms with Crippen molar-refractivity contribution < 1.29 is 25.0 Å². The third-order valence-electron chi connectivity index (χ3n) is 4.39. The molecule has 0 spiro atoms. The van der Waals surface area contributed by atoms with Crippen LogP contribution in [0.2, 0.25) is 0 Å². The number of ether oxygens (including phenoxy) is 1. The number of fused-ring (bicyclic) bond motifs is 1. The number of non-ortho nitro benzene ring substituents is 1. The van der Waals surface area contributed by atoms with Gasteiger partial charge in [0.2, 0.25) is 17.9 Å². The van der Waals surface area contributed by atoms with Crippen LogP contribution in [0.5, 0.6) is 5.75 Å². The van der Waals surface area contributed by atoms with Gasteiger partial charge in [0, 0.05) is 18.7 Å². The average Bonchev–Trinajstić information content (AvgIpc) is 2.53. The molecule has 1 aliphatic rings. The number of likely N-dealkylation sites (N-methyl/N-ethyl adjacent to an activating group) is 1. The molecular formula is C15H19N5O6. The lowest BCUT2D eigenvalue weighted by Crippen LogP contribution is -2.75. The van der Waals surface area contributed by atoms with Crippen LogP contribution >= 0.6 is 0 Å². The first-order valence-corrected chi connectivity index (χ1v) is 7.59. The zero-order chi connectivity index (χ0) is 19.9. The average molecular weight is 365 g/mol. The molecule has 1 aliphatic heterocycles. The predicted molar refractivity (Wildman–Crippen MR) is 88.5 cm³/mol. The van der Waals surface area contributed by atoms with Gasteiger partial charge in [-0.05, 0) is 26.8 Å². The Labute approximate surface area is 148 Å². The zero-order valence-electron chi connectivity index (χ0n) is 14.4. The van der Waals surface area contributed by atoms with E-state index in [4.69, 9.17) is 15.7 Å². The largest absolute Gasteiger partial charge is 0.482 e. The minimum absolute atomic E-state index is 0.00923. The predicted octanol–water partition coefficient (Wildman–Crippen LogP) is -0.291. The first kappa shape index (κ1) is 19.4. The Morgan fingerprint density at radius 3 is 2.58 bits per heavy atom. The molecular weight excluding hydrogens is 346 g/mol. The Kier molecular flexibility index (Phi) is 4.55. The maximum Gasteiger partial charge on any atom is 0.270 e. The monoisotopic (exact) mass is 365 g/mol. The molecule has 0 aliphatic carbocycles. The lowest BCUT2D eigenvalue weighted by Gasteiger charge is -2.55. The summed E-state index contributed by atoms with van der Waals surface area (Å²) in [6, 6.07) is 3.34. The van der Waals surface area contributed by atoms with Crippen molar-refractivity contribution in [3.8, 4) is 11.9 Å². The summed E-state index contributed by atoms with van der Waals surface area (Å²) >= 11 is 0. The van der Waals surface area contributed by atoms with Crippen LogP contribution in [0.4, 0.5) is 5.69 Å². The molecule has 1 aromatic carbocycles. The number of nitro groups is 1. The minimum Gasteiger partial charge on any atom is -0.482 e. The van der Waals surface area contributed by atoms with Gasteiger partial charge in [0.15, 0.2) is 5.60 Å². The molecule has 11 nitrogen and oxygen atoms in total. The second kappa shape index (κ2) is 6.10. The SMILES string of the molecule is CCN(C(N)=NC#N)C1(O)c2cc([N+](=O)[O-])ccc2OC(C)(C)C1(O)O. The number of benzene rings is 1. The van der Waals surface area contributed by atoms with Gasteiger partial charge < -0.3 is 30.7 Å². The highest BCUT2D eigenvalue weighted by Crippen LogP contribution is 2.51. The molecule has 0 radical (unpaired) electrons. The van der Waals surface area contributed by atoms with Gasteiger partial charge in [-0.15, -0.1) is 4.99 Å². The van der Waals surface area contributed by atoms with Crippen LogP contribution in [0.25, 0.3) is 0 Å². The van der Waals surface area contributed by atoms with E-state index in [1.54, 1.807) is 0 Å². The molecule has 2 rings (SSSR count). The molecule has 0 amide bonds. The molecule has 5 N–H and O–H groups in total. The highest BCUT2D eigenvalue weighted by molar-refractivity contribution is 5.80. The van der Waals surface area contributed by atoms with E-state index in [0.29, 0.717) is 0 Å². The smallest absolute Gasteiger partial charge is 0.270 e. The molecule has 1 aromatic rings. The maximum absolute atomic E-state index is 11.4. The number of aliphatic imine (C=N–C) groups is 1. The number of guanidine groups is 1. The summed E-state index contributed by atoms with van der Waals surface area (Å²) in [6.45, 7) is 4.05. The van der Waals surface area contributed by atoms with Gasteiger partial charge >= 0.3 is 0 Å². The molecule has 1 unspecified atom stereocenters. The highest BCUT2D eigenvalue weighted by Gasteiger charge is 2.67. The Balaban J connectivity index is 2.87. The molecule has 1 atom stereocenters. The number of nitrogens with two attached hydrogens (primary N) is 1. The second-order valence-corrected chi connectivity index (χ2v) is 6.21. The molecule has 1 heterocycles.